The lowest BCUT2D eigenvalue weighted by Gasteiger charge is -2.38. The van der Waals surface area contributed by atoms with Gasteiger partial charge >= 0.3 is 6.18 Å². The fraction of sp³-hybridized carbons (Fsp3) is 0.571. The maximum absolute atomic E-state index is 13.9. The van der Waals surface area contributed by atoms with Crippen LogP contribution in [-0.2, 0) is 6.18 Å². The Morgan fingerprint density at radius 1 is 1.35 bits per heavy atom. The molecule has 0 aliphatic carbocycles. The Hall–Kier alpha value is -1.30. The first-order valence-electron chi connectivity index (χ1n) is 6.70. The maximum atomic E-state index is 13.9. The highest BCUT2D eigenvalue weighted by Crippen LogP contribution is 2.33. The van der Waals surface area contributed by atoms with Gasteiger partial charge in [-0.3, -0.25) is 0 Å². The minimum absolute atomic E-state index is 0.0776. The van der Waals surface area contributed by atoms with Crippen LogP contribution in [0.4, 0.5) is 23.2 Å². The molecule has 2 unspecified atom stereocenters. The number of alkyl halides is 3. The Morgan fingerprint density at radius 2 is 2.05 bits per heavy atom. The van der Waals surface area contributed by atoms with Gasteiger partial charge in [-0.2, -0.15) is 13.2 Å². The zero-order valence-corrected chi connectivity index (χ0v) is 11.3. The van der Waals surface area contributed by atoms with Gasteiger partial charge in [0.1, 0.15) is 5.82 Å². The number of nitrogens with zero attached hydrogens (tertiary/aromatic N) is 1. The van der Waals surface area contributed by atoms with Gasteiger partial charge in [0.2, 0.25) is 0 Å². The minimum Gasteiger partial charge on any atom is -0.369 e. The molecule has 112 valence electrons. The summed E-state index contributed by atoms with van der Waals surface area (Å²) in [7, 11) is 0. The molecule has 0 bridgehead atoms. The minimum atomic E-state index is -4.52. The van der Waals surface area contributed by atoms with E-state index in [4.69, 9.17) is 5.73 Å². The van der Waals surface area contributed by atoms with Crippen LogP contribution in [0.1, 0.15) is 25.3 Å². The molecule has 2 rings (SSSR count). The number of nitrogens with two attached hydrogens (primary N) is 1. The molecule has 1 fully saturated rings. The Balaban J connectivity index is 2.21. The smallest absolute Gasteiger partial charge is 0.369 e. The molecule has 2 N–H and O–H groups in total. The summed E-state index contributed by atoms with van der Waals surface area (Å²) in [5.74, 6) is -0.587. The Kier molecular flexibility index (Phi) is 4.22. The van der Waals surface area contributed by atoms with Crippen molar-refractivity contribution in [1.82, 2.24) is 0 Å². The Morgan fingerprint density at radius 3 is 2.60 bits per heavy atom. The van der Waals surface area contributed by atoms with Crippen molar-refractivity contribution in [2.45, 2.75) is 32.0 Å². The molecule has 1 aliphatic rings. The van der Waals surface area contributed by atoms with Crippen molar-refractivity contribution in [2.24, 2.45) is 11.7 Å². The summed E-state index contributed by atoms with van der Waals surface area (Å²) in [5, 5.41) is 0. The van der Waals surface area contributed by atoms with E-state index in [1.807, 2.05) is 6.92 Å². The van der Waals surface area contributed by atoms with E-state index in [1.165, 1.54) is 6.07 Å². The summed E-state index contributed by atoms with van der Waals surface area (Å²) >= 11 is 0. The van der Waals surface area contributed by atoms with Crippen molar-refractivity contribution in [3.05, 3.63) is 29.6 Å². The average Bonchev–Trinajstić information content (AvgIpc) is 2.38. The molecule has 2 atom stereocenters. The molecule has 1 heterocycles. The van der Waals surface area contributed by atoms with Gasteiger partial charge in [0, 0.05) is 19.1 Å². The molecule has 2 nitrogen and oxygen atoms in total. The second-order valence-electron chi connectivity index (χ2n) is 5.23. The van der Waals surface area contributed by atoms with Gasteiger partial charge in [0.25, 0.3) is 0 Å². The van der Waals surface area contributed by atoms with Gasteiger partial charge in [0.05, 0.1) is 11.3 Å². The zero-order valence-electron chi connectivity index (χ0n) is 11.3. The van der Waals surface area contributed by atoms with Crippen molar-refractivity contribution in [3.63, 3.8) is 0 Å². The number of hydrogen-bond donors (Lipinski definition) is 1. The monoisotopic (exact) mass is 290 g/mol. The molecule has 1 saturated heterocycles. The summed E-state index contributed by atoms with van der Waals surface area (Å²) in [6.07, 6.45) is -2.92. The van der Waals surface area contributed by atoms with Crippen LogP contribution in [0.2, 0.25) is 0 Å². The summed E-state index contributed by atoms with van der Waals surface area (Å²) in [6, 6.07) is 2.77. The Labute approximate surface area is 115 Å². The van der Waals surface area contributed by atoms with E-state index in [0.29, 0.717) is 19.2 Å². The van der Waals surface area contributed by atoms with E-state index >= 15 is 0 Å². The third-order valence-corrected chi connectivity index (χ3v) is 3.93. The normalized spacial score (nSPS) is 24.0. The van der Waals surface area contributed by atoms with E-state index in [9.17, 15) is 17.6 Å². The summed E-state index contributed by atoms with van der Waals surface area (Å²) in [4.78, 5) is 1.78. The average molecular weight is 290 g/mol. The largest absolute Gasteiger partial charge is 0.416 e. The van der Waals surface area contributed by atoms with E-state index < -0.39 is 17.6 Å². The number of benzene rings is 1. The molecule has 0 radical (unpaired) electrons. The van der Waals surface area contributed by atoms with Gasteiger partial charge in [-0.25, -0.2) is 4.39 Å². The number of anilines is 1. The molecule has 1 aromatic carbocycles. The van der Waals surface area contributed by atoms with Crippen LogP contribution in [0.3, 0.4) is 0 Å². The molecule has 0 saturated carbocycles. The number of piperidine rings is 1. The van der Waals surface area contributed by atoms with Crippen LogP contribution in [0, 0.1) is 11.7 Å². The number of hydrogen-bond acceptors (Lipinski definition) is 2. The SMILES string of the molecule is CCC1CN(c2ccc(C(F)(F)F)cc2F)CCC1N. The molecule has 1 aliphatic heterocycles. The molecule has 1 aromatic rings. The molecule has 0 aromatic heterocycles. The second kappa shape index (κ2) is 5.60. The highest BCUT2D eigenvalue weighted by molar-refractivity contribution is 5.50. The van der Waals surface area contributed by atoms with Crippen LogP contribution in [0.5, 0.6) is 0 Å². The summed E-state index contributed by atoms with van der Waals surface area (Å²) < 4.78 is 51.5. The van der Waals surface area contributed by atoms with Crippen molar-refractivity contribution >= 4 is 5.69 Å². The van der Waals surface area contributed by atoms with Gasteiger partial charge in [-0.1, -0.05) is 13.3 Å². The summed E-state index contributed by atoms with van der Waals surface area (Å²) in [5.41, 5.74) is 5.25. The van der Waals surface area contributed by atoms with Crippen LogP contribution in [0.25, 0.3) is 0 Å². The van der Waals surface area contributed by atoms with Crippen molar-refractivity contribution in [1.29, 1.82) is 0 Å². The fourth-order valence-corrected chi connectivity index (χ4v) is 2.64. The standard InChI is InChI=1S/C14H18F4N2/c1-2-9-8-20(6-5-12(9)19)13-4-3-10(7-11(13)15)14(16,17)18/h3-4,7,9,12H,2,5-6,8,19H2,1H3. The molecule has 0 spiro atoms. The third-order valence-electron chi connectivity index (χ3n) is 3.93. The predicted molar refractivity (Wildman–Crippen MR) is 70.0 cm³/mol. The fourth-order valence-electron chi connectivity index (χ4n) is 2.64. The topological polar surface area (TPSA) is 29.3 Å². The van der Waals surface area contributed by atoms with E-state index in [2.05, 4.69) is 0 Å². The zero-order chi connectivity index (χ0) is 14.9. The molecular weight excluding hydrogens is 272 g/mol. The molecule has 0 amide bonds. The van der Waals surface area contributed by atoms with E-state index in [1.54, 1.807) is 4.90 Å². The van der Waals surface area contributed by atoms with Gasteiger partial charge in [-0.15, -0.1) is 0 Å². The predicted octanol–water partition coefficient (Wildman–Crippen LogP) is 3.41. The number of rotatable bonds is 2. The summed E-state index contributed by atoms with van der Waals surface area (Å²) in [6.45, 7) is 3.16. The van der Waals surface area contributed by atoms with Gasteiger partial charge in [-0.05, 0) is 30.5 Å². The van der Waals surface area contributed by atoms with Crippen LogP contribution < -0.4 is 10.6 Å². The van der Waals surface area contributed by atoms with Gasteiger partial charge < -0.3 is 10.6 Å². The van der Waals surface area contributed by atoms with Crippen molar-refractivity contribution < 1.29 is 17.6 Å². The first-order chi connectivity index (χ1) is 9.32. The first kappa shape index (κ1) is 15.1. The van der Waals surface area contributed by atoms with E-state index in [0.717, 1.165) is 18.9 Å². The first-order valence-corrected chi connectivity index (χ1v) is 6.70. The number of halogens is 4. The van der Waals surface area contributed by atoms with Crippen LogP contribution >= 0.6 is 0 Å². The highest BCUT2D eigenvalue weighted by atomic mass is 19.4. The Bertz CT molecular complexity index is 473. The van der Waals surface area contributed by atoms with Crippen LogP contribution in [-0.4, -0.2) is 19.1 Å². The lowest BCUT2D eigenvalue weighted by molar-refractivity contribution is -0.137. The van der Waals surface area contributed by atoms with Crippen molar-refractivity contribution in [2.75, 3.05) is 18.0 Å². The lowest BCUT2D eigenvalue weighted by atomic mass is 9.90. The van der Waals surface area contributed by atoms with E-state index in [-0.39, 0.29) is 17.6 Å². The maximum Gasteiger partial charge on any atom is 0.416 e. The molecule has 20 heavy (non-hydrogen) atoms. The molecule has 6 heteroatoms. The van der Waals surface area contributed by atoms with Crippen LogP contribution in [0.15, 0.2) is 18.2 Å². The van der Waals surface area contributed by atoms with Gasteiger partial charge in [0.15, 0.2) is 0 Å². The third kappa shape index (κ3) is 3.06. The molecular formula is C14H18F4N2. The highest BCUT2D eigenvalue weighted by Gasteiger charge is 2.32. The quantitative estimate of drug-likeness (QED) is 0.846. The lowest BCUT2D eigenvalue weighted by Crippen LogP contribution is -2.47. The second-order valence-corrected chi connectivity index (χ2v) is 5.23. The van der Waals surface area contributed by atoms with Crippen molar-refractivity contribution in [3.8, 4) is 0 Å².